The van der Waals surface area contributed by atoms with Crippen molar-refractivity contribution in [1.29, 1.82) is 0 Å². The van der Waals surface area contributed by atoms with Crippen LogP contribution in [0.25, 0.3) is 0 Å². The molecule has 0 aromatic heterocycles. The second kappa shape index (κ2) is 21.2. The number of hydrogen-bond donors (Lipinski definition) is 1. The summed E-state index contributed by atoms with van der Waals surface area (Å²) in [6.45, 7) is 8.29. The van der Waals surface area contributed by atoms with Crippen LogP contribution in [0.4, 0.5) is 0 Å². The second-order valence-electron chi connectivity index (χ2n) is 4.33. The maximum Gasteiger partial charge on any atom is 0.0437 e. The van der Waals surface area contributed by atoms with E-state index in [-0.39, 0.29) is 0 Å². The Morgan fingerprint density at radius 3 is 1.35 bits per heavy atom. The summed E-state index contributed by atoms with van der Waals surface area (Å²) in [5, 5.41) is 8.54. The Morgan fingerprint density at radius 1 is 0.647 bits per heavy atom. The third-order valence-corrected chi connectivity index (χ3v) is 2.67. The predicted octanol–water partition coefficient (Wildman–Crippen LogP) is 4.55. The number of aliphatic hydroxyl groups is 1. The Labute approximate surface area is 109 Å². The van der Waals surface area contributed by atoms with Gasteiger partial charge in [-0.05, 0) is 20.3 Å². The molecule has 0 aromatic rings. The summed E-state index contributed by atoms with van der Waals surface area (Å²) in [7, 11) is 0. The molecule has 0 unspecified atom stereocenters. The van der Waals surface area contributed by atoms with Gasteiger partial charge in [-0.1, -0.05) is 58.3 Å². The summed E-state index contributed by atoms with van der Waals surface area (Å²) in [5.74, 6) is 0. The van der Waals surface area contributed by atoms with Gasteiger partial charge in [-0.3, -0.25) is 0 Å². The number of hydrogen-bond acceptors (Lipinski definition) is 2. The van der Waals surface area contributed by atoms with Crippen molar-refractivity contribution in [2.45, 2.75) is 78.6 Å². The predicted molar refractivity (Wildman–Crippen MR) is 76.5 cm³/mol. The van der Waals surface area contributed by atoms with E-state index in [4.69, 9.17) is 9.84 Å². The molecule has 0 saturated heterocycles. The van der Waals surface area contributed by atoms with Gasteiger partial charge in [0.15, 0.2) is 0 Å². The fourth-order valence-electron chi connectivity index (χ4n) is 1.63. The van der Waals surface area contributed by atoms with Gasteiger partial charge in [-0.2, -0.15) is 0 Å². The van der Waals surface area contributed by atoms with Crippen LogP contribution in [0.3, 0.4) is 0 Å². The molecular formula is C15H34O2. The van der Waals surface area contributed by atoms with Gasteiger partial charge < -0.3 is 9.84 Å². The van der Waals surface area contributed by atoms with Gasteiger partial charge >= 0.3 is 0 Å². The molecule has 0 aromatic carbocycles. The Morgan fingerprint density at radius 2 is 1.06 bits per heavy atom. The lowest BCUT2D eigenvalue weighted by Gasteiger charge is -1.99. The van der Waals surface area contributed by atoms with Crippen LogP contribution in [0.2, 0.25) is 0 Å². The Hall–Kier alpha value is -0.0800. The molecule has 0 fully saturated rings. The van der Waals surface area contributed by atoms with E-state index in [2.05, 4.69) is 6.92 Å². The summed E-state index contributed by atoms with van der Waals surface area (Å²) in [6.07, 6.45) is 11.8. The van der Waals surface area contributed by atoms with Gasteiger partial charge in [-0.25, -0.2) is 0 Å². The monoisotopic (exact) mass is 246 g/mol. The largest absolute Gasteiger partial charge is 0.396 e. The van der Waals surface area contributed by atoms with Crippen LogP contribution in [0, 0.1) is 0 Å². The Bertz CT molecular complexity index is 93.1. The van der Waals surface area contributed by atoms with Crippen LogP contribution in [-0.4, -0.2) is 24.9 Å². The van der Waals surface area contributed by atoms with Gasteiger partial charge in [0.25, 0.3) is 0 Å². The van der Waals surface area contributed by atoms with Crippen LogP contribution < -0.4 is 0 Å². The molecule has 0 aliphatic heterocycles. The number of ether oxygens (including phenoxy) is 1. The molecule has 2 heteroatoms. The minimum atomic E-state index is 0.371. The van der Waals surface area contributed by atoms with E-state index in [0.717, 1.165) is 19.6 Å². The van der Waals surface area contributed by atoms with E-state index in [9.17, 15) is 0 Å². The highest BCUT2D eigenvalue weighted by Gasteiger charge is 1.90. The first-order chi connectivity index (χ1) is 8.33. The molecule has 0 aliphatic rings. The molecule has 2 nitrogen and oxygen atoms in total. The first-order valence-corrected chi connectivity index (χ1v) is 7.51. The van der Waals surface area contributed by atoms with E-state index in [1.54, 1.807) is 0 Å². The first-order valence-electron chi connectivity index (χ1n) is 7.51. The second-order valence-corrected chi connectivity index (χ2v) is 4.33. The van der Waals surface area contributed by atoms with Crippen molar-refractivity contribution in [3.63, 3.8) is 0 Å². The van der Waals surface area contributed by atoms with E-state index in [1.165, 1.54) is 51.4 Å². The molecule has 0 rings (SSSR count). The molecule has 0 bridgehead atoms. The first kappa shape index (κ1) is 19.3. The maximum absolute atomic E-state index is 8.54. The molecule has 0 atom stereocenters. The van der Waals surface area contributed by atoms with Crippen molar-refractivity contribution < 1.29 is 9.84 Å². The van der Waals surface area contributed by atoms with E-state index >= 15 is 0 Å². The van der Waals surface area contributed by atoms with Gasteiger partial charge in [0.05, 0.1) is 0 Å². The van der Waals surface area contributed by atoms with Crippen molar-refractivity contribution in [3.8, 4) is 0 Å². The lowest BCUT2D eigenvalue weighted by Crippen LogP contribution is -1.84. The van der Waals surface area contributed by atoms with Crippen molar-refractivity contribution >= 4 is 0 Å². The third kappa shape index (κ3) is 25.9. The highest BCUT2D eigenvalue weighted by Crippen LogP contribution is 2.08. The van der Waals surface area contributed by atoms with Gasteiger partial charge in [0.1, 0.15) is 0 Å². The molecule has 106 valence electrons. The van der Waals surface area contributed by atoms with Crippen molar-refractivity contribution in [2.24, 2.45) is 0 Å². The van der Waals surface area contributed by atoms with Crippen LogP contribution >= 0.6 is 0 Å². The van der Waals surface area contributed by atoms with Crippen LogP contribution in [-0.2, 0) is 4.74 Å². The summed E-state index contributed by atoms with van der Waals surface area (Å²) in [6, 6.07) is 0. The highest BCUT2D eigenvalue weighted by molar-refractivity contribution is 4.45. The molecule has 0 amide bonds. The normalized spacial score (nSPS) is 9.88. The molecular weight excluding hydrogens is 212 g/mol. The van der Waals surface area contributed by atoms with Crippen molar-refractivity contribution in [1.82, 2.24) is 0 Å². The summed E-state index contributed by atoms with van der Waals surface area (Å²) < 4.78 is 4.83. The summed E-state index contributed by atoms with van der Waals surface area (Å²) in [4.78, 5) is 0. The van der Waals surface area contributed by atoms with E-state index < -0.39 is 0 Å². The zero-order valence-electron chi connectivity index (χ0n) is 12.3. The van der Waals surface area contributed by atoms with Crippen LogP contribution in [0.1, 0.15) is 78.6 Å². The molecule has 17 heavy (non-hydrogen) atoms. The van der Waals surface area contributed by atoms with Crippen molar-refractivity contribution in [2.75, 3.05) is 19.8 Å². The SMILES string of the molecule is CCCCCCCCCCCO.CCOCC. The van der Waals surface area contributed by atoms with Crippen LogP contribution in [0.15, 0.2) is 0 Å². The zero-order chi connectivity index (χ0) is 13.2. The molecule has 0 spiro atoms. The number of aliphatic hydroxyl groups excluding tert-OH is 1. The topological polar surface area (TPSA) is 29.5 Å². The third-order valence-electron chi connectivity index (χ3n) is 2.67. The zero-order valence-corrected chi connectivity index (χ0v) is 12.3. The summed E-state index contributed by atoms with van der Waals surface area (Å²) in [5.41, 5.74) is 0. The average Bonchev–Trinajstić information content (AvgIpc) is 2.34. The lowest BCUT2D eigenvalue weighted by atomic mass is 10.1. The van der Waals surface area contributed by atoms with Crippen LogP contribution in [0.5, 0.6) is 0 Å². The fraction of sp³-hybridized carbons (Fsp3) is 1.00. The van der Waals surface area contributed by atoms with Gasteiger partial charge in [-0.15, -0.1) is 0 Å². The van der Waals surface area contributed by atoms with Gasteiger partial charge in [0, 0.05) is 19.8 Å². The molecule has 0 radical (unpaired) electrons. The minimum absolute atomic E-state index is 0.371. The quantitative estimate of drug-likeness (QED) is 0.542. The smallest absolute Gasteiger partial charge is 0.0437 e. The molecule has 0 aliphatic carbocycles. The molecule has 0 heterocycles. The van der Waals surface area contributed by atoms with E-state index in [1.807, 2.05) is 13.8 Å². The average molecular weight is 246 g/mol. The van der Waals surface area contributed by atoms with Gasteiger partial charge in [0.2, 0.25) is 0 Å². The maximum atomic E-state index is 8.54. The summed E-state index contributed by atoms with van der Waals surface area (Å²) >= 11 is 0. The highest BCUT2D eigenvalue weighted by atomic mass is 16.5. The molecule has 1 N–H and O–H groups in total. The number of unbranched alkanes of at least 4 members (excludes halogenated alkanes) is 8. The standard InChI is InChI=1S/C11H24O.C4H10O/c1-2-3-4-5-6-7-8-9-10-11-12;1-3-5-4-2/h12H,2-11H2,1H3;3-4H2,1-2H3. The van der Waals surface area contributed by atoms with E-state index in [0.29, 0.717) is 6.61 Å². The fourth-order valence-corrected chi connectivity index (χ4v) is 1.63. The molecule has 0 saturated carbocycles. The lowest BCUT2D eigenvalue weighted by molar-refractivity contribution is 0.162. The Kier molecular flexibility index (Phi) is 24.1. The number of rotatable bonds is 11. The Balaban J connectivity index is 0. The van der Waals surface area contributed by atoms with Crippen molar-refractivity contribution in [3.05, 3.63) is 0 Å². The minimum Gasteiger partial charge on any atom is -0.396 e.